The van der Waals surface area contributed by atoms with Crippen molar-refractivity contribution >= 4 is 11.7 Å². The van der Waals surface area contributed by atoms with Gasteiger partial charge in [0.15, 0.2) is 11.5 Å². The minimum atomic E-state index is -0.219. The van der Waals surface area contributed by atoms with E-state index < -0.39 is 0 Å². The molecule has 1 saturated heterocycles. The molecule has 1 atom stereocenters. The van der Waals surface area contributed by atoms with E-state index in [4.69, 9.17) is 5.73 Å². The molecule has 6 nitrogen and oxygen atoms in total. The molecule has 1 aliphatic heterocycles. The average molecular weight is 249 g/mol. The maximum Gasteiger partial charge on any atom is 0.271 e. The van der Waals surface area contributed by atoms with Crippen LogP contribution in [0, 0.1) is 0 Å². The number of hydrogen-bond donors (Lipinski definition) is 2. The summed E-state index contributed by atoms with van der Waals surface area (Å²) < 4.78 is 0. The Morgan fingerprint density at radius 2 is 2.33 bits per heavy atom. The largest absolute Gasteiger partial charge is 0.354 e. The minimum absolute atomic E-state index is 0.219. The summed E-state index contributed by atoms with van der Waals surface area (Å²) in [5, 5.41) is 10.6. The maximum absolute atomic E-state index is 11.4. The summed E-state index contributed by atoms with van der Waals surface area (Å²) in [7, 11) is 1.58. The molecule has 1 amide bonds. The van der Waals surface area contributed by atoms with Crippen molar-refractivity contribution in [1.29, 1.82) is 0 Å². The molecular formula is C12H19N5O. The molecule has 0 radical (unpaired) electrons. The molecule has 1 fully saturated rings. The Labute approximate surface area is 107 Å². The van der Waals surface area contributed by atoms with Gasteiger partial charge in [0.05, 0.1) is 0 Å². The van der Waals surface area contributed by atoms with Gasteiger partial charge in [0.25, 0.3) is 5.91 Å². The van der Waals surface area contributed by atoms with Gasteiger partial charge in [-0.15, -0.1) is 10.2 Å². The smallest absolute Gasteiger partial charge is 0.271 e. The molecule has 0 aliphatic carbocycles. The van der Waals surface area contributed by atoms with Crippen molar-refractivity contribution < 1.29 is 4.79 Å². The second kappa shape index (κ2) is 5.77. The van der Waals surface area contributed by atoms with Crippen LogP contribution in [0.3, 0.4) is 0 Å². The standard InChI is InChI=1S/C12H19N5O/c1-14-12(18)10-5-6-11(16-15-10)17-7-3-2-4-9(17)8-13/h5-6,9H,2-4,7-8,13H2,1H3,(H,14,18). The Morgan fingerprint density at radius 3 is 2.94 bits per heavy atom. The van der Waals surface area contributed by atoms with Gasteiger partial charge in [0.2, 0.25) is 0 Å². The van der Waals surface area contributed by atoms with E-state index in [9.17, 15) is 4.79 Å². The van der Waals surface area contributed by atoms with Crippen LogP contribution >= 0.6 is 0 Å². The monoisotopic (exact) mass is 249 g/mol. The van der Waals surface area contributed by atoms with Gasteiger partial charge in [0.1, 0.15) is 0 Å². The fourth-order valence-corrected chi connectivity index (χ4v) is 2.27. The Bertz CT molecular complexity index is 405. The van der Waals surface area contributed by atoms with Gasteiger partial charge in [-0.25, -0.2) is 0 Å². The second-order valence-electron chi connectivity index (χ2n) is 4.43. The van der Waals surface area contributed by atoms with E-state index in [0.29, 0.717) is 18.3 Å². The van der Waals surface area contributed by atoms with Crippen LogP contribution in [0.25, 0.3) is 0 Å². The summed E-state index contributed by atoms with van der Waals surface area (Å²) in [5.74, 6) is 0.584. The highest BCUT2D eigenvalue weighted by molar-refractivity contribution is 5.91. The average Bonchev–Trinajstić information content (AvgIpc) is 2.46. The lowest BCUT2D eigenvalue weighted by Gasteiger charge is -2.35. The van der Waals surface area contributed by atoms with Crippen LogP contribution in [0.4, 0.5) is 5.82 Å². The van der Waals surface area contributed by atoms with E-state index in [0.717, 1.165) is 25.2 Å². The van der Waals surface area contributed by atoms with E-state index >= 15 is 0 Å². The summed E-state index contributed by atoms with van der Waals surface area (Å²) in [6, 6.07) is 3.87. The molecule has 0 saturated carbocycles. The number of aromatic nitrogens is 2. The van der Waals surface area contributed by atoms with Crippen molar-refractivity contribution in [1.82, 2.24) is 15.5 Å². The lowest BCUT2D eigenvalue weighted by Crippen LogP contribution is -2.44. The Kier molecular flexibility index (Phi) is 4.09. The predicted molar refractivity (Wildman–Crippen MR) is 69.5 cm³/mol. The molecule has 0 spiro atoms. The molecular weight excluding hydrogens is 230 g/mol. The van der Waals surface area contributed by atoms with Gasteiger partial charge in [-0.3, -0.25) is 4.79 Å². The Balaban J connectivity index is 2.15. The van der Waals surface area contributed by atoms with Crippen LogP contribution in [0.2, 0.25) is 0 Å². The van der Waals surface area contributed by atoms with Crippen molar-refractivity contribution in [3.05, 3.63) is 17.8 Å². The number of nitrogens with two attached hydrogens (primary N) is 1. The Morgan fingerprint density at radius 1 is 1.50 bits per heavy atom. The van der Waals surface area contributed by atoms with Crippen LogP contribution in [0.15, 0.2) is 12.1 Å². The lowest BCUT2D eigenvalue weighted by molar-refractivity contribution is 0.0957. The van der Waals surface area contributed by atoms with E-state index in [1.165, 1.54) is 6.42 Å². The summed E-state index contributed by atoms with van der Waals surface area (Å²) in [6.07, 6.45) is 3.45. The summed E-state index contributed by atoms with van der Waals surface area (Å²) in [6.45, 7) is 1.58. The predicted octanol–water partition coefficient (Wildman–Crippen LogP) is 0.154. The lowest BCUT2D eigenvalue weighted by atomic mass is 10.0. The quantitative estimate of drug-likeness (QED) is 0.797. The van der Waals surface area contributed by atoms with Crippen molar-refractivity contribution in [2.75, 3.05) is 25.0 Å². The van der Waals surface area contributed by atoms with Crippen LogP contribution in [-0.4, -0.2) is 42.3 Å². The van der Waals surface area contributed by atoms with Gasteiger partial charge >= 0.3 is 0 Å². The van der Waals surface area contributed by atoms with Crippen molar-refractivity contribution in [3.8, 4) is 0 Å². The normalized spacial score (nSPS) is 19.7. The summed E-state index contributed by atoms with van der Waals surface area (Å²) in [4.78, 5) is 13.6. The molecule has 2 rings (SSSR count). The van der Waals surface area contributed by atoms with E-state index in [-0.39, 0.29) is 5.91 Å². The number of amides is 1. The van der Waals surface area contributed by atoms with Crippen LogP contribution < -0.4 is 16.0 Å². The second-order valence-corrected chi connectivity index (χ2v) is 4.43. The van der Waals surface area contributed by atoms with Gasteiger partial charge in [-0.1, -0.05) is 0 Å². The fourth-order valence-electron chi connectivity index (χ4n) is 2.27. The topological polar surface area (TPSA) is 84.1 Å². The number of carbonyl (C=O) groups excluding carboxylic acids is 1. The number of nitrogens with one attached hydrogen (secondary N) is 1. The van der Waals surface area contributed by atoms with Crippen LogP contribution in [0.5, 0.6) is 0 Å². The molecule has 0 bridgehead atoms. The highest BCUT2D eigenvalue weighted by atomic mass is 16.1. The third-order valence-corrected chi connectivity index (χ3v) is 3.30. The SMILES string of the molecule is CNC(=O)c1ccc(N2CCCCC2CN)nn1. The molecule has 1 aromatic heterocycles. The first-order valence-electron chi connectivity index (χ1n) is 6.28. The third kappa shape index (κ3) is 2.59. The number of piperidine rings is 1. The zero-order chi connectivity index (χ0) is 13.0. The number of hydrogen-bond acceptors (Lipinski definition) is 5. The highest BCUT2D eigenvalue weighted by Crippen LogP contribution is 2.21. The molecule has 1 unspecified atom stereocenters. The zero-order valence-corrected chi connectivity index (χ0v) is 10.6. The molecule has 3 N–H and O–H groups in total. The van der Waals surface area contributed by atoms with E-state index in [1.54, 1.807) is 13.1 Å². The molecule has 0 aromatic carbocycles. The van der Waals surface area contributed by atoms with Crippen molar-refractivity contribution in [2.45, 2.75) is 25.3 Å². The van der Waals surface area contributed by atoms with Crippen LogP contribution in [-0.2, 0) is 0 Å². The third-order valence-electron chi connectivity index (χ3n) is 3.30. The maximum atomic E-state index is 11.4. The molecule has 98 valence electrons. The number of rotatable bonds is 3. The number of anilines is 1. The van der Waals surface area contributed by atoms with Gasteiger partial charge in [0, 0.05) is 26.2 Å². The summed E-state index contributed by atoms with van der Waals surface area (Å²) >= 11 is 0. The molecule has 1 aliphatic rings. The molecule has 1 aromatic rings. The fraction of sp³-hybridized carbons (Fsp3) is 0.583. The van der Waals surface area contributed by atoms with Crippen LogP contribution in [0.1, 0.15) is 29.8 Å². The van der Waals surface area contributed by atoms with Gasteiger partial charge in [-0.2, -0.15) is 0 Å². The first-order valence-corrected chi connectivity index (χ1v) is 6.28. The molecule has 2 heterocycles. The summed E-state index contributed by atoms with van der Waals surface area (Å²) in [5.41, 5.74) is 6.11. The number of carbonyl (C=O) groups is 1. The Hall–Kier alpha value is -1.69. The number of nitrogens with zero attached hydrogens (tertiary/aromatic N) is 3. The van der Waals surface area contributed by atoms with Crippen molar-refractivity contribution in [3.63, 3.8) is 0 Å². The van der Waals surface area contributed by atoms with E-state index in [2.05, 4.69) is 20.4 Å². The molecule has 18 heavy (non-hydrogen) atoms. The van der Waals surface area contributed by atoms with Gasteiger partial charge < -0.3 is 16.0 Å². The molecule has 6 heteroatoms. The van der Waals surface area contributed by atoms with E-state index in [1.807, 2.05) is 6.07 Å². The minimum Gasteiger partial charge on any atom is -0.354 e. The first kappa shape index (κ1) is 12.8. The van der Waals surface area contributed by atoms with Crippen molar-refractivity contribution in [2.24, 2.45) is 5.73 Å². The first-order chi connectivity index (χ1) is 8.76. The zero-order valence-electron chi connectivity index (χ0n) is 10.6. The van der Waals surface area contributed by atoms with Gasteiger partial charge in [-0.05, 0) is 31.4 Å². The highest BCUT2D eigenvalue weighted by Gasteiger charge is 2.22.